The van der Waals surface area contributed by atoms with Crippen LogP contribution < -0.4 is 0 Å². The molecule has 0 saturated carbocycles. The van der Waals surface area contributed by atoms with E-state index in [1.54, 1.807) is 8.72 Å². The number of hydrazine groups is 1. The quantitative estimate of drug-likeness (QED) is 0.732. The van der Waals surface area contributed by atoms with Crippen molar-refractivity contribution in [2.45, 2.75) is 19.8 Å². The lowest BCUT2D eigenvalue weighted by molar-refractivity contribution is 0.0128. The van der Waals surface area contributed by atoms with Gasteiger partial charge in [-0.25, -0.2) is 5.01 Å². The molecule has 2 aliphatic rings. The monoisotopic (exact) mass is 289 g/mol. The minimum absolute atomic E-state index is 0.506. The Morgan fingerprint density at radius 3 is 2.16 bits per heavy atom. The van der Waals surface area contributed by atoms with Crippen LogP contribution in [-0.2, 0) is 10.2 Å². The van der Waals surface area contributed by atoms with Crippen LogP contribution in [0, 0.1) is 6.42 Å². The van der Waals surface area contributed by atoms with Gasteiger partial charge in [-0.15, -0.1) is 4.41 Å². The van der Waals surface area contributed by atoms with Gasteiger partial charge in [0.15, 0.2) is 0 Å². The molecule has 2 fully saturated rings. The van der Waals surface area contributed by atoms with E-state index >= 15 is 0 Å². The fraction of sp³-hybridized carbons (Fsp3) is 0.917. The smallest absolute Gasteiger partial charge is 0.295 e. The maximum absolute atomic E-state index is 12.7. The van der Waals surface area contributed by atoms with E-state index < -0.39 is 10.2 Å². The van der Waals surface area contributed by atoms with Gasteiger partial charge >= 0.3 is 0 Å². The number of likely N-dealkylation sites (N-methyl/N-ethyl adjacent to an activating group) is 1. The zero-order valence-electron chi connectivity index (χ0n) is 12.0. The van der Waals surface area contributed by atoms with E-state index in [1.807, 2.05) is 11.9 Å². The molecule has 2 saturated heterocycles. The Kier molecular flexibility index (Phi) is 5.19. The van der Waals surface area contributed by atoms with E-state index in [0.29, 0.717) is 19.6 Å². The number of rotatable bonds is 4. The lowest BCUT2D eigenvalue weighted by Crippen LogP contribution is -2.58. The maximum atomic E-state index is 12.7. The average Bonchev–Trinajstić information content (AvgIpc) is 2.42. The molecule has 1 radical (unpaired) electrons. The van der Waals surface area contributed by atoms with E-state index in [2.05, 4.69) is 18.4 Å². The minimum Gasteiger partial charge on any atom is -0.304 e. The van der Waals surface area contributed by atoms with Crippen molar-refractivity contribution in [3.8, 4) is 0 Å². The highest BCUT2D eigenvalue weighted by Gasteiger charge is 2.34. The zero-order valence-corrected chi connectivity index (χ0v) is 12.8. The molecule has 0 aromatic rings. The maximum Gasteiger partial charge on any atom is 0.295 e. The molecule has 19 heavy (non-hydrogen) atoms. The predicted octanol–water partition coefficient (Wildman–Crippen LogP) is 0.0156. The van der Waals surface area contributed by atoms with Gasteiger partial charge in [0.1, 0.15) is 0 Å². The van der Waals surface area contributed by atoms with Gasteiger partial charge in [0.2, 0.25) is 0 Å². The van der Waals surface area contributed by atoms with Gasteiger partial charge in [-0.05, 0) is 33.2 Å². The number of piperidine rings is 1. The van der Waals surface area contributed by atoms with Gasteiger partial charge < -0.3 is 4.90 Å². The van der Waals surface area contributed by atoms with Crippen molar-refractivity contribution < 1.29 is 8.42 Å². The molecule has 0 spiro atoms. The second kappa shape index (κ2) is 6.49. The SMILES string of the molecule is CCN(N1CCN(C)CC1)S(=O)(=O)N1CC[CH]CC1. The Balaban J connectivity index is 2.06. The van der Waals surface area contributed by atoms with Crippen LogP contribution in [0.5, 0.6) is 0 Å². The highest BCUT2D eigenvalue weighted by Crippen LogP contribution is 2.18. The summed E-state index contributed by atoms with van der Waals surface area (Å²) >= 11 is 0. The number of nitrogens with zero attached hydrogens (tertiary/aromatic N) is 4. The van der Waals surface area contributed by atoms with Crippen LogP contribution in [0.3, 0.4) is 0 Å². The highest BCUT2D eigenvalue weighted by atomic mass is 32.2. The fourth-order valence-electron chi connectivity index (χ4n) is 2.62. The van der Waals surface area contributed by atoms with Crippen LogP contribution in [0.2, 0.25) is 0 Å². The predicted molar refractivity (Wildman–Crippen MR) is 75.5 cm³/mol. The van der Waals surface area contributed by atoms with Gasteiger partial charge in [-0.1, -0.05) is 0 Å². The first-order valence-corrected chi connectivity index (χ1v) is 8.48. The topological polar surface area (TPSA) is 47.1 Å². The summed E-state index contributed by atoms with van der Waals surface area (Å²) in [7, 11) is -1.27. The molecule has 0 aliphatic carbocycles. The molecule has 0 unspecified atom stereocenters. The fourth-order valence-corrected chi connectivity index (χ4v) is 4.34. The molecule has 0 atom stereocenters. The Morgan fingerprint density at radius 2 is 1.63 bits per heavy atom. The third-order valence-corrected chi connectivity index (χ3v) is 5.86. The van der Waals surface area contributed by atoms with Crippen LogP contribution in [0.4, 0.5) is 0 Å². The summed E-state index contributed by atoms with van der Waals surface area (Å²) < 4.78 is 28.5. The molecular weight excluding hydrogens is 264 g/mol. The number of piperazine rings is 1. The van der Waals surface area contributed by atoms with Gasteiger partial charge in [-0.3, -0.25) is 0 Å². The van der Waals surface area contributed by atoms with Crippen molar-refractivity contribution in [2.24, 2.45) is 0 Å². The molecule has 0 aromatic carbocycles. The third-order valence-electron chi connectivity index (χ3n) is 3.82. The molecule has 111 valence electrons. The van der Waals surface area contributed by atoms with Crippen molar-refractivity contribution in [3.05, 3.63) is 6.42 Å². The van der Waals surface area contributed by atoms with Crippen LogP contribution >= 0.6 is 0 Å². The summed E-state index contributed by atoms with van der Waals surface area (Å²) in [6.07, 6.45) is 3.89. The minimum atomic E-state index is -3.34. The first kappa shape index (κ1) is 15.2. The normalized spacial score (nSPS) is 25.0. The first-order valence-electron chi connectivity index (χ1n) is 7.08. The number of hydrogen-bond acceptors (Lipinski definition) is 4. The van der Waals surface area contributed by atoms with E-state index in [4.69, 9.17) is 0 Å². The lowest BCUT2D eigenvalue weighted by atomic mass is 10.2. The lowest BCUT2D eigenvalue weighted by Gasteiger charge is -2.41. The number of hydrogen-bond donors (Lipinski definition) is 0. The Bertz CT molecular complexity index is 373. The van der Waals surface area contributed by atoms with Gasteiger partial charge in [0, 0.05) is 45.8 Å². The van der Waals surface area contributed by atoms with Crippen molar-refractivity contribution in [1.82, 2.24) is 18.6 Å². The molecule has 0 bridgehead atoms. The van der Waals surface area contributed by atoms with Crippen LogP contribution in [0.15, 0.2) is 0 Å². The molecule has 2 heterocycles. The molecule has 2 aliphatic heterocycles. The highest BCUT2D eigenvalue weighted by molar-refractivity contribution is 7.86. The van der Waals surface area contributed by atoms with Crippen molar-refractivity contribution in [2.75, 3.05) is 52.9 Å². The largest absolute Gasteiger partial charge is 0.304 e. The Morgan fingerprint density at radius 1 is 1.05 bits per heavy atom. The first-order chi connectivity index (χ1) is 9.05. The summed E-state index contributed by atoms with van der Waals surface area (Å²) in [5.41, 5.74) is 0. The molecule has 0 N–H and O–H groups in total. The summed E-state index contributed by atoms with van der Waals surface area (Å²) in [5.74, 6) is 0. The second-order valence-electron chi connectivity index (χ2n) is 5.17. The average molecular weight is 289 g/mol. The summed E-state index contributed by atoms with van der Waals surface area (Å²) in [4.78, 5) is 2.23. The van der Waals surface area contributed by atoms with Crippen LogP contribution in [0.25, 0.3) is 0 Å². The van der Waals surface area contributed by atoms with Gasteiger partial charge in [0.25, 0.3) is 10.2 Å². The van der Waals surface area contributed by atoms with Crippen LogP contribution in [0.1, 0.15) is 19.8 Å². The van der Waals surface area contributed by atoms with Gasteiger partial charge in [0.05, 0.1) is 0 Å². The third kappa shape index (κ3) is 3.46. The standard InChI is InChI=1S/C12H25N4O2S/c1-3-16(14-11-9-13(2)10-12-14)19(17,18)15-7-5-4-6-8-15/h4H,3,5-12H2,1-2H3. The molecule has 0 amide bonds. The van der Waals surface area contributed by atoms with Gasteiger partial charge in [-0.2, -0.15) is 12.7 Å². The molecule has 6 nitrogen and oxygen atoms in total. The van der Waals surface area contributed by atoms with Crippen molar-refractivity contribution in [1.29, 1.82) is 0 Å². The Labute approximate surface area is 117 Å². The molecule has 7 heteroatoms. The molecule has 2 rings (SSSR count). The van der Waals surface area contributed by atoms with Crippen LogP contribution in [-0.4, -0.2) is 79.9 Å². The van der Waals surface area contributed by atoms with Crippen molar-refractivity contribution >= 4 is 10.2 Å². The second-order valence-corrected chi connectivity index (χ2v) is 7.00. The van der Waals surface area contributed by atoms with Crippen molar-refractivity contribution in [3.63, 3.8) is 0 Å². The van der Waals surface area contributed by atoms with E-state index in [-0.39, 0.29) is 0 Å². The molecule has 0 aromatic heterocycles. The van der Waals surface area contributed by atoms with E-state index in [0.717, 1.165) is 39.0 Å². The summed E-state index contributed by atoms with van der Waals surface area (Å²) in [6.45, 7) is 7.05. The summed E-state index contributed by atoms with van der Waals surface area (Å²) in [6, 6.07) is 0. The van der Waals surface area contributed by atoms with E-state index in [9.17, 15) is 8.42 Å². The zero-order chi connectivity index (χ0) is 13.9. The Hall–Kier alpha value is -0.210. The summed E-state index contributed by atoms with van der Waals surface area (Å²) in [5, 5.41) is 1.98. The van der Waals surface area contributed by atoms with E-state index in [1.165, 1.54) is 0 Å². The molecular formula is C12H25N4O2S.